The fraction of sp³-hybridized carbons (Fsp3) is 0.481. The van der Waals surface area contributed by atoms with Crippen LogP contribution in [-0.4, -0.2) is 39.9 Å². The molecule has 0 aromatic heterocycles. The summed E-state index contributed by atoms with van der Waals surface area (Å²) in [4.78, 5) is 23.9. The molecule has 0 spiro atoms. The summed E-state index contributed by atoms with van der Waals surface area (Å²) in [6.07, 6.45) is 5.27. The largest absolute Gasteiger partial charge is 0.486 e. The zero-order valence-corrected chi connectivity index (χ0v) is 19.5. The van der Waals surface area contributed by atoms with Gasteiger partial charge < -0.3 is 25.6 Å². The number of aliphatic hydroxyl groups is 1. The molecule has 4 bridgehead atoms. The topological polar surface area (TPSA) is 108 Å². The maximum atomic E-state index is 13.5. The number of hydrogen-bond donors (Lipinski definition) is 4. The highest BCUT2D eigenvalue weighted by atomic mass is 19.1. The molecular formula is C27H31FN2O5. The fourth-order valence-electron chi connectivity index (χ4n) is 6.77. The highest BCUT2D eigenvalue weighted by Gasteiger charge is 2.57. The minimum atomic E-state index is -1.02. The average molecular weight is 483 g/mol. The predicted molar refractivity (Wildman–Crippen MR) is 127 cm³/mol. The molecule has 2 amide bonds. The molecular weight excluding hydrogens is 451 g/mol. The van der Waals surface area contributed by atoms with Crippen molar-refractivity contribution in [3.63, 3.8) is 0 Å². The quantitative estimate of drug-likeness (QED) is 0.446. The zero-order chi connectivity index (χ0) is 24.6. The van der Waals surface area contributed by atoms with Crippen molar-refractivity contribution < 1.29 is 28.9 Å². The molecule has 35 heavy (non-hydrogen) atoms. The molecule has 0 saturated heterocycles. The van der Waals surface area contributed by atoms with Gasteiger partial charge in [-0.05, 0) is 92.3 Å². The van der Waals surface area contributed by atoms with E-state index in [9.17, 15) is 19.1 Å². The minimum Gasteiger partial charge on any atom is -0.486 e. The molecule has 3 atom stereocenters. The number of benzene rings is 2. The number of carboxylic acids is 1. The van der Waals surface area contributed by atoms with Crippen LogP contribution in [0.1, 0.15) is 67.0 Å². The molecule has 2 aromatic rings. The smallest absolute Gasteiger partial charge is 0.335 e. The third kappa shape index (κ3) is 5.27. The van der Waals surface area contributed by atoms with Gasteiger partial charge in [-0.3, -0.25) is 0 Å². The van der Waals surface area contributed by atoms with Crippen molar-refractivity contribution in [2.24, 2.45) is 11.8 Å². The lowest BCUT2D eigenvalue weighted by molar-refractivity contribution is -0.139. The molecule has 6 rings (SSSR count). The average Bonchev–Trinajstić information content (AvgIpc) is 2.77. The maximum absolute atomic E-state index is 13.5. The van der Waals surface area contributed by atoms with Gasteiger partial charge in [-0.15, -0.1) is 0 Å². The molecule has 3 unspecified atom stereocenters. The molecule has 186 valence electrons. The third-order valence-corrected chi connectivity index (χ3v) is 7.72. The van der Waals surface area contributed by atoms with Crippen molar-refractivity contribution >= 4 is 12.0 Å². The zero-order valence-electron chi connectivity index (χ0n) is 19.5. The van der Waals surface area contributed by atoms with E-state index in [0.717, 1.165) is 37.7 Å². The van der Waals surface area contributed by atoms with E-state index >= 15 is 0 Å². The lowest BCUT2D eigenvalue weighted by Crippen LogP contribution is -2.66. The van der Waals surface area contributed by atoms with Gasteiger partial charge in [0.25, 0.3) is 0 Å². The van der Waals surface area contributed by atoms with Crippen molar-refractivity contribution in [1.29, 1.82) is 0 Å². The number of rotatable bonds is 8. The molecule has 4 fully saturated rings. The Kier molecular flexibility index (Phi) is 6.17. The second kappa shape index (κ2) is 9.15. The van der Waals surface area contributed by atoms with Gasteiger partial charge in [-0.2, -0.15) is 0 Å². The Bertz CT molecular complexity index is 1070. The second-order valence-corrected chi connectivity index (χ2v) is 10.6. The Labute approximate surface area is 203 Å². The van der Waals surface area contributed by atoms with Gasteiger partial charge in [0.15, 0.2) is 0 Å². The van der Waals surface area contributed by atoms with E-state index in [4.69, 9.17) is 9.84 Å². The number of carbonyl (C=O) groups excluding carboxylic acids is 1. The van der Waals surface area contributed by atoms with E-state index in [1.807, 2.05) is 0 Å². The Hall–Kier alpha value is -3.13. The monoisotopic (exact) mass is 482 g/mol. The molecule has 4 saturated carbocycles. The molecule has 4 N–H and O–H groups in total. The van der Waals surface area contributed by atoms with Gasteiger partial charge in [0, 0.05) is 18.5 Å². The van der Waals surface area contributed by atoms with Crippen LogP contribution in [0.5, 0.6) is 5.75 Å². The van der Waals surface area contributed by atoms with E-state index in [2.05, 4.69) is 10.6 Å². The summed E-state index contributed by atoms with van der Waals surface area (Å²) in [5, 5.41) is 26.1. The van der Waals surface area contributed by atoms with Crippen molar-refractivity contribution in [2.45, 2.75) is 62.2 Å². The van der Waals surface area contributed by atoms with Crippen LogP contribution in [0.25, 0.3) is 0 Å². The molecule has 2 aromatic carbocycles. The first kappa shape index (κ1) is 23.6. The van der Waals surface area contributed by atoms with Crippen molar-refractivity contribution in [3.05, 3.63) is 65.5 Å². The Morgan fingerprint density at radius 3 is 2.29 bits per heavy atom. The van der Waals surface area contributed by atoms with Crippen LogP contribution in [0, 0.1) is 17.7 Å². The van der Waals surface area contributed by atoms with Crippen LogP contribution in [0.2, 0.25) is 0 Å². The molecule has 8 heteroatoms. The van der Waals surface area contributed by atoms with E-state index in [1.54, 1.807) is 24.3 Å². The maximum Gasteiger partial charge on any atom is 0.335 e. The number of ether oxygens (including phenoxy) is 1. The first-order chi connectivity index (χ1) is 16.7. The molecule has 0 heterocycles. The summed E-state index contributed by atoms with van der Waals surface area (Å²) < 4.78 is 19.5. The first-order valence-corrected chi connectivity index (χ1v) is 12.2. The number of carboxylic acid groups (broad SMARTS) is 1. The second-order valence-electron chi connectivity index (χ2n) is 10.6. The van der Waals surface area contributed by atoms with Crippen molar-refractivity contribution in [1.82, 2.24) is 10.6 Å². The Morgan fingerprint density at radius 2 is 1.69 bits per heavy atom. The van der Waals surface area contributed by atoms with Crippen LogP contribution in [0.15, 0.2) is 48.5 Å². The van der Waals surface area contributed by atoms with Gasteiger partial charge in [0.05, 0.1) is 11.2 Å². The standard InChI is InChI=1S/C27H31FN2O5/c28-21-5-1-19(2-6-21)23(35-22-7-3-20(4-8-22)24(31)32)9-10-29-25(33)30-26-12-17-11-18(13-26)15-27(34,14-17)16-26/h1-8,17-18,23,34H,9-16H2,(H,31,32)(H2,29,30,33). The van der Waals surface area contributed by atoms with E-state index in [0.29, 0.717) is 37.0 Å². The number of urea groups is 1. The number of amides is 2. The summed E-state index contributed by atoms with van der Waals surface area (Å²) >= 11 is 0. The van der Waals surface area contributed by atoms with Crippen molar-refractivity contribution in [3.8, 4) is 5.75 Å². The number of halogens is 1. The lowest BCUT2D eigenvalue weighted by atomic mass is 9.51. The minimum absolute atomic E-state index is 0.156. The molecule has 0 aliphatic heterocycles. The van der Waals surface area contributed by atoms with Gasteiger partial charge in [-0.1, -0.05) is 12.1 Å². The Balaban J connectivity index is 1.20. The SMILES string of the molecule is O=C(NCCC(Oc1ccc(C(=O)O)cc1)c1ccc(F)cc1)NC12CC3CC(CC(O)(C3)C1)C2. The van der Waals surface area contributed by atoms with Gasteiger partial charge in [0.2, 0.25) is 0 Å². The number of nitrogens with one attached hydrogen (secondary N) is 2. The number of aromatic carboxylic acids is 1. The van der Waals surface area contributed by atoms with Crippen LogP contribution in [0.3, 0.4) is 0 Å². The molecule has 4 aliphatic carbocycles. The summed E-state index contributed by atoms with van der Waals surface area (Å²) in [6.45, 7) is 0.328. The summed E-state index contributed by atoms with van der Waals surface area (Å²) in [5.74, 6) is 0.0623. The van der Waals surface area contributed by atoms with Crippen LogP contribution >= 0.6 is 0 Å². The van der Waals surface area contributed by atoms with Gasteiger partial charge >= 0.3 is 12.0 Å². The van der Waals surface area contributed by atoms with E-state index < -0.39 is 17.7 Å². The summed E-state index contributed by atoms with van der Waals surface area (Å²) in [5.41, 5.74) is -0.0703. The normalized spacial score (nSPS) is 29.4. The highest BCUT2D eigenvalue weighted by Crippen LogP contribution is 2.57. The Morgan fingerprint density at radius 1 is 1.03 bits per heavy atom. The first-order valence-electron chi connectivity index (χ1n) is 12.2. The lowest BCUT2D eigenvalue weighted by Gasteiger charge is -2.60. The summed E-state index contributed by atoms with van der Waals surface area (Å²) in [7, 11) is 0. The van der Waals surface area contributed by atoms with Crippen LogP contribution < -0.4 is 15.4 Å². The predicted octanol–water partition coefficient (Wildman–Crippen LogP) is 4.42. The molecule has 7 nitrogen and oxygen atoms in total. The van der Waals surface area contributed by atoms with Crippen LogP contribution in [0.4, 0.5) is 9.18 Å². The van der Waals surface area contributed by atoms with Crippen molar-refractivity contribution in [2.75, 3.05) is 6.54 Å². The highest BCUT2D eigenvalue weighted by molar-refractivity contribution is 5.87. The van der Waals surface area contributed by atoms with Gasteiger partial charge in [-0.25, -0.2) is 14.0 Å². The molecule has 4 aliphatic rings. The third-order valence-electron chi connectivity index (χ3n) is 7.72. The summed E-state index contributed by atoms with van der Waals surface area (Å²) in [6, 6.07) is 11.8. The molecule has 0 radical (unpaired) electrons. The fourth-order valence-corrected chi connectivity index (χ4v) is 6.77. The van der Waals surface area contributed by atoms with E-state index in [1.165, 1.54) is 24.3 Å². The van der Waals surface area contributed by atoms with Crippen LogP contribution in [-0.2, 0) is 0 Å². The van der Waals surface area contributed by atoms with E-state index in [-0.39, 0.29) is 23.0 Å². The number of hydrogen-bond acceptors (Lipinski definition) is 4. The van der Waals surface area contributed by atoms with Gasteiger partial charge in [0.1, 0.15) is 17.7 Å². The number of carbonyl (C=O) groups is 2.